The highest BCUT2D eigenvalue weighted by molar-refractivity contribution is 5.92. The minimum absolute atomic E-state index is 0.0791. The first kappa shape index (κ1) is 19.8. The van der Waals surface area contributed by atoms with Crippen LogP contribution in [-0.4, -0.2) is 56.3 Å². The number of aryl methyl sites for hydroxylation is 1. The molecule has 1 aromatic carbocycles. The fourth-order valence-corrected chi connectivity index (χ4v) is 5.01. The summed E-state index contributed by atoms with van der Waals surface area (Å²) < 4.78 is 3.65. The van der Waals surface area contributed by atoms with Crippen molar-refractivity contribution in [1.82, 2.24) is 24.2 Å². The van der Waals surface area contributed by atoms with Gasteiger partial charge in [0.25, 0.3) is 11.5 Å². The number of anilines is 1. The van der Waals surface area contributed by atoms with Gasteiger partial charge in [-0.1, -0.05) is 12.1 Å². The van der Waals surface area contributed by atoms with Crippen LogP contribution in [0.4, 0.5) is 5.95 Å². The summed E-state index contributed by atoms with van der Waals surface area (Å²) in [5.74, 6) is 1.79. The molecule has 8 nitrogen and oxygen atoms in total. The number of likely N-dealkylation sites (tertiary alicyclic amines) is 1. The van der Waals surface area contributed by atoms with Gasteiger partial charge in [0, 0.05) is 50.6 Å². The highest BCUT2D eigenvalue weighted by Crippen LogP contribution is 2.35. The maximum Gasteiger partial charge on any atom is 0.274 e. The standard InChI is InChI=1S/C23H28N6O2/c1-4-28-20-8-6-5-7-18(20)24-23(28)27-13-16-11-26(12-17(16)14-27)22(31)19-9-10-21(30)29(25-19)15(2)3/h5-10,15-17H,4,11-14H2,1-3H3. The zero-order valence-corrected chi connectivity index (χ0v) is 18.2. The third-order valence-electron chi connectivity index (χ3n) is 6.54. The van der Waals surface area contributed by atoms with Gasteiger partial charge in [-0.3, -0.25) is 9.59 Å². The third kappa shape index (κ3) is 3.30. The molecular formula is C23H28N6O2. The molecule has 4 heterocycles. The van der Waals surface area contributed by atoms with Crippen LogP contribution < -0.4 is 10.5 Å². The number of hydrogen-bond acceptors (Lipinski definition) is 5. The average molecular weight is 421 g/mol. The van der Waals surface area contributed by atoms with Crippen LogP contribution in [-0.2, 0) is 6.54 Å². The molecule has 3 aromatic rings. The summed E-state index contributed by atoms with van der Waals surface area (Å²) in [7, 11) is 0. The Morgan fingerprint density at radius 2 is 1.77 bits per heavy atom. The fourth-order valence-electron chi connectivity index (χ4n) is 5.01. The summed E-state index contributed by atoms with van der Waals surface area (Å²) in [5, 5.41) is 4.31. The summed E-state index contributed by atoms with van der Waals surface area (Å²) in [5.41, 5.74) is 2.36. The van der Waals surface area contributed by atoms with Gasteiger partial charge in [0.2, 0.25) is 5.95 Å². The summed E-state index contributed by atoms with van der Waals surface area (Å²) >= 11 is 0. The number of rotatable bonds is 4. The topological polar surface area (TPSA) is 76.3 Å². The van der Waals surface area contributed by atoms with Crippen molar-refractivity contribution < 1.29 is 4.79 Å². The van der Waals surface area contributed by atoms with E-state index in [1.807, 2.05) is 24.8 Å². The van der Waals surface area contributed by atoms with Gasteiger partial charge in [-0.15, -0.1) is 0 Å². The summed E-state index contributed by atoms with van der Waals surface area (Å²) in [6.07, 6.45) is 0. The van der Waals surface area contributed by atoms with Crippen LogP contribution in [0.15, 0.2) is 41.2 Å². The van der Waals surface area contributed by atoms with Crippen LogP contribution in [0.1, 0.15) is 37.3 Å². The van der Waals surface area contributed by atoms with E-state index in [2.05, 4.69) is 39.7 Å². The van der Waals surface area contributed by atoms with Gasteiger partial charge in [0.15, 0.2) is 0 Å². The van der Waals surface area contributed by atoms with E-state index in [1.165, 1.54) is 16.3 Å². The molecule has 2 unspecified atom stereocenters. The fraction of sp³-hybridized carbons (Fsp3) is 0.478. The Balaban J connectivity index is 1.32. The van der Waals surface area contributed by atoms with Gasteiger partial charge in [-0.2, -0.15) is 5.10 Å². The Morgan fingerprint density at radius 1 is 1.06 bits per heavy atom. The largest absolute Gasteiger partial charge is 0.342 e. The number of carbonyl (C=O) groups excluding carboxylic acids is 1. The maximum atomic E-state index is 13.1. The Kier molecular flexibility index (Phi) is 4.79. The zero-order valence-electron chi connectivity index (χ0n) is 18.2. The van der Waals surface area contributed by atoms with Crippen molar-refractivity contribution in [2.24, 2.45) is 11.8 Å². The Hall–Kier alpha value is -3.16. The molecule has 2 aromatic heterocycles. The molecule has 0 aliphatic carbocycles. The highest BCUT2D eigenvalue weighted by Gasteiger charge is 2.43. The van der Waals surface area contributed by atoms with Gasteiger partial charge in [-0.25, -0.2) is 9.67 Å². The van der Waals surface area contributed by atoms with Crippen molar-refractivity contribution in [2.45, 2.75) is 33.4 Å². The number of fused-ring (bicyclic) bond motifs is 2. The number of aromatic nitrogens is 4. The molecule has 0 bridgehead atoms. The maximum absolute atomic E-state index is 13.1. The summed E-state index contributed by atoms with van der Waals surface area (Å²) in [6.45, 7) is 10.0. The zero-order chi connectivity index (χ0) is 21.7. The van der Waals surface area contributed by atoms with E-state index in [0.29, 0.717) is 17.5 Å². The van der Waals surface area contributed by atoms with Crippen molar-refractivity contribution in [3.63, 3.8) is 0 Å². The van der Waals surface area contributed by atoms with E-state index in [9.17, 15) is 9.59 Å². The van der Waals surface area contributed by atoms with E-state index >= 15 is 0 Å². The van der Waals surface area contributed by atoms with Crippen LogP contribution in [0.2, 0.25) is 0 Å². The second-order valence-electron chi connectivity index (χ2n) is 8.88. The molecule has 0 radical (unpaired) electrons. The molecule has 0 saturated carbocycles. The molecule has 5 rings (SSSR count). The SMILES string of the molecule is CCn1c(N2CC3CN(C(=O)c4ccc(=O)n(C(C)C)n4)CC3C2)nc2ccccc21. The summed E-state index contributed by atoms with van der Waals surface area (Å²) in [4.78, 5) is 34.2. The van der Waals surface area contributed by atoms with Gasteiger partial charge < -0.3 is 14.4 Å². The van der Waals surface area contributed by atoms with E-state index in [0.717, 1.165) is 44.2 Å². The first-order chi connectivity index (χ1) is 15.0. The minimum Gasteiger partial charge on any atom is -0.342 e. The minimum atomic E-state index is -0.181. The van der Waals surface area contributed by atoms with Crippen molar-refractivity contribution in [3.05, 3.63) is 52.4 Å². The molecule has 1 amide bonds. The Bertz CT molecular complexity index is 1180. The van der Waals surface area contributed by atoms with Gasteiger partial charge in [-0.05, 0) is 39.0 Å². The Labute approximate surface area is 181 Å². The lowest BCUT2D eigenvalue weighted by atomic mass is 10.0. The predicted molar refractivity (Wildman–Crippen MR) is 119 cm³/mol. The first-order valence-electron chi connectivity index (χ1n) is 11.1. The van der Waals surface area contributed by atoms with Crippen molar-refractivity contribution in [3.8, 4) is 0 Å². The lowest BCUT2D eigenvalue weighted by Gasteiger charge is -2.23. The highest BCUT2D eigenvalue weighted by atomic mass is 16.2. The first-order valence-corrected chi connectivity index (χ1v) is 11.1. The third-order valence-corrected chi connectivity index (χ3v) is 6.54. The molecule has 2 saturated heterocycles. The Morgan fingerprint density at radius 3 is 2.45 bits per heavy atom. The van der Waals surface area contributed by atoms with E-state index in [1.54, 1.807) is 6.07 Å². The number of carbonyl (C=O) groups is 1. The number of para-hydroxylation sites is 2. The monoisotopic (exact) mass is 420 g/mol. The molecule has 2 aliphatic rings. The van der Waals surface area contributed by atoms with Crippen LogP contribution in [0.3, 0.4) is 0 Å². The average Bonchev–Trinajstić information content (AvgIpc) is 3.44. The van der Waals surface area contributed by atoms with Gasteiger partial charge in [0.05, 0.1) is 17.1 Å². The van der Waals surface area contributed by atoms with E-state index in [4.69, 9.17) is 4.98 Å². The van der Waals surface area contributed by atoms with Gasteiger partial charge in [0.1, 0.15) is 5.69 Å². The lowest BCUT2D eigenvalue weighted by molar-refractivity contribution is 0.0773. The quantitative estimate of drug-likeness (QED) is 0.648. The van der Waals surface area contributed by atoms with E-state index < -0.39 is 0 Å². The second kappa shape index (κ2) is 7.51. The van der Waals surface area contributed by atoms with Crippen molar-refractivity contribution in [1.29, 1.82) is 0 Å². The number of imidazole rings is 1. The molecule has 8 heteroatoms. The molecule has 0 spiro atoms. The van der Waals surface area contributed by atoms with Crippen molar-refractivity contribution in [2.75, 3.05) is 31.1 Å². The predicted octanol–water partition coefficient (Wildman–Crippen LogP) is 2.40. The smallest absolute Gasteiger partial charge is 0.274 e. The molecule has 0 N–H and O–H groups in total. The second-order valence-corrected chi connectivity index (χ2v) is 8.88. The number of amides is 1. The van der Waals surface area contributed by atoms with Crippen molar-refractivity contribution >= 4 is 22.9 Å². The van der Waals surface area contributed by atoms with Crippen LogP contribution >= 0.6 is 0 Å². The molecule has 31 heavy (non-hydrogen) atoms. The summed E-state index contributed by atoms with van der Waals surface area (Å²) in [6, 6.07) is 11.2. The molecule has 2 fully saturated rings. The number of hydrogen-bond donors (Lipinski definition) is 0. The molecule has 2 atom stereocenters. The number of nitrogens with zero attached hydrogens (tertiary/aromatic N) is 6. The van der Waals surface area contributed by atoms with Crippen LogP contribution in [0.25, 0.3) is 11.0 Å². The van der Waals surface area contributed by atoms with Crippen LogP contribution in [0.5, 0.6) is 0 Å². The van der Waals surface area contributed by atoms with E-state index in [-0.39, 0.29) is 17.5 Å². The normalized spacial score (nSPS) is 20.8. The molecular weight excluding hydrogens is 392 g/mol. The van der Waals surface area contributed by atoms with Crippen LogP contribution in [0, 0.1) is 11.8 Å². The lowest BCUT2D eigenvalue weighted by Crippen LogP contribution is -2.36. The number of benzene rings is 1. The van der Waals surface area contributed by atoms with Gasteiger partial charge >= 0.3 is 0 Å². The molecule has 2 aliphatic heterocycles. The molecule has 162 valence electrons.